The number of thiophene rings is 1. The Labute approximate surface area is 125 Å². The molecule has 0 N–H and O–H groups in total. The van der Waals surface area contributed by atoms with Gasteiger partial charge >= 0.3 is 0 Å². The van der Waals surface area contributed by atoms with Gasteiger partial charge < -0.3 is 0 Å². The molecule has 0 amide bonds. The predicted molar refractivity (Wildman–Crippen MR) is 79.4 cm³/mol. The lowest BCUT2D eigenvalue weighted by molar-refractivity contribution is 0.463. The first-order valence-electron chi connectivity index (χ1n) is 5.44. The SMILES string of the molecule is Cc1nc(CN(C)S(=O)(=O)c2csc(CCl)c2)cs1. The van der Waals surface area contributed by atoms with Gasteiger partial charge in [-0.25, -0.2) is 13.4 Å². The molecular formula is C11H13ClN2O2S3. The second-order valence-corrected chi connectivity index (χ2v) is 8.37. The molecule has 0 saturated heterocycles. The zero-order valence-corrected chi connectivity index (χ0v) is 13.7. The summed E-state index contributed by atoms with van der Waals surface area (Å²) in [6.45, 7) is 2.17. The van der Waals surface area contributed by atoms with Gasteiger partial charge in [-0.15, -0.1) is 34.3 Å². The Morgan fingerprint density at radius 3 is 2.63 bits per heavy atom. The van der Waals surface area contributed by atoms with E-state index in [1.165, 1.54) is 27.0 Å². The van der Waals surface area contributed by atoms with Crippen LogP contribution in [0.1, 0.15) is 15.6 Å². The lowest BCUT2D eigenvalue weighted by atomic mass is 10.5. The number of nitrogens with zero attached hydrogens (tertiary/aromatic N) is 2. The van der Waals surface area contributed by atoms with E-state index in [9.17, 15) is 8.42 Å². The topological polar surface area (TPSA) is 50.3 Å². The average molecular weight is 337 g/mol. The van der Waals surface area contributed by atoms with Crippen LogP contribution in [0.25, 0.3) is 0 Å². The second-order valence-electron chi connectivity index (χ2n) is 4.00. The van der Waals surface area contributed by atoms with Gasteiger partial charge in [-0.1, -0.05) is 0 Å². The van der Waals surface area contributed by atoms with Crippen LogP contribution in [-0.2, 0) is 22.4 Å². The maximum absolute atomic E-state index is 12.3. The van der Waals surface area contributed by atoms with Crippen LogP contribution in [0.2, 0.25) is 0 Å². The Morgan fingerprint density at radius 2 is 2.11 bits per heavy atom. The molecule has 0 fully saturated rings. The van der Waals surface area contributed by atoms with Gasteiger partial charge in [0.25, 0.3) is 0 Å². The van der Waals surface area contributed by atoms with E-state index in [-0.39, 0.29) is 6.54 Å². The van der Waals surface area contributed by atoms with Gasteiger partial charge in [0.15, 0.2) is 0 Å². The van der Waals surface area contributed by atoms with E-state index < -0.39 is 10.0 Å². The van der Waals surface area contributed by atoms with Crippen LogP contribution >= 0.6 is 34.3 Å². The van der Waals surface area contributed by atoms with Crippen molar-refractivity contribution in [2.75, 3.05) is 7.05 Å². The van der Waals surface area contributed by atoms with E-state index in [0.29, 0.717) is 10.8 Å². The molecule has 2 aromatic rings. The lowest BCUT2D eigenvalue weighted by Gasteiger charge is -2.14. The first-order chi connectivity index (χ1) is 8.93. The Bertz CT molecular complexity index is 663. The van der Waals surface area contributed by atoms with Gasteiger partial charge in [0.05, 0.1) is 28.0 Å². The van der Waals surface area contributed by atoms with Crippen LogP contribution in [0.3, 0.4) is 0 Å². The van der Waals surface area contributed by atoms with Gasteiger partial charge in [-0.2, -0.15) is 4.31 Å². The summed E-state index contributed by atoms with van der Waals surface area (Å²) in [6.07, 6.45) is 0. The minimum absolute atomic E-state index is 0.277. The maximum Gasteiger partial charge on any atom is 0.244 e. The van der Waals surface area contributed by atoms with E-state index in [4.69, 9.17) is 11.6 Å². The van der Waals surface area contributed by atoms with Crippen LogP contribution in [-0.4, -0.2) is 24.8 Å². The van der Waals surface area contributed by atoms with Crippen LogP contribution in [0.15, 0.2) is 21.7 Å². The molecule has 19 heavy (non-hydrogen) atoms. The highest BCUT2D eigenvalue weighted by molar-refractivity contribution is 7.89. The zero-order chi connectivity index (χ0) is 14.0. The second kappa shape index (κ2) is 5.88. The number of alkyl halides is 1. The quantitative estimate of drug-likeness (QED) is 0.788. The molecule has 0 aliphatic heterocycles. The molecular weight excluding hydrogens is 324 g/mol. The van der Waals surface area contributed by atoms with Crippen LogP contribution in [0.4, 0.5) is 0 Å². The highest BCUT2D eigenvalue weighted by Gasteiger charge is 2.22. The molecule has 2 rings (SSSR count). The molecule has 104 valence electrons. The highest BCUT2D eigenvalue weighted by atomic mass is 35.5. The fraction of sp³-hybridized carbons (Fsp3) is 0.364. The lowest BCUT2D eigenvalue weighted by Crippen LogP contribution is -2.26. The fourth-order valence-electron chi connectivity index (χ4n) is 1.54. The summed E-state index contributed by atoms with van der Waals surface area (Å²) in [6, 6.07) is 1.62. The molecule has 0 aromatic carbocycles. The average Bonchev–Trinajstić information content (AvgIpc) is 2.98. The molecule has 0 saturated carbocycles. The largest absolute Gasteiger partial charge is 0.245 e. The number of thiazole rings is 1. The van der Waals surface area contributed by atoms with Gasteiger partial charge in [0, 0.05) is 22.7 Å². The number of sulfonamides is 1. The maximum atomic E-state index is 12.3. The van der Waals surface area contributed by atoms with E-state index in [1.54, 1.807) is 18.5 Å². The molecule has 2 heterocycles. The van der Waals surface area contributed by atoms with Crippen LogP contribution in [0.5, 0.6) is 0 Å². The fourth-order valence-corrected chi connectivity index (χ4v) is 4.66. The molecule has 2 aromatic heterocycles. The van der Waals surface area contributed by atoms with Gasteiger partial charge in [-0.05, 0) is 13.0 Å². The number of aromatic nitrogens is 1. The third-order valence-electron chi connectivity index (χ3n) is 2.52. The third kappa shape index (κ3) is 3.35. The van der Waals surface area contributed by atoms with E-state index in [0.717, 1.165) is 15.6 Å². The molecule has 0 radical (unpaired) electrons. The van der Waals surface area contributed by atoms with Crippen molar-refractivity contribution in [3.05, 3.63) is 32.4 Å². The van der Waals surface area contributed by atoms with Crippen LogP contribution < -0.4 is 0 Å². The van der Waals surface area contributed by atoms with Crippen molar-refractivity contribution < 1.29 is 8.42 Å². The number of hydrogen-bond acceptors (Lipinski definition) is 5. The molecule has 0 bridgehead atoms. The smallest absolute Gasteiger partial charge is 0.244 e. The minimum Gasteiger partial charge on any atom is -0.245 e. The van der Waals surface area contributed by atoms with Crippen molar-refractivity contribution in [2.45, 2.75) is 24.2 Å². The van der Waals surface area contributed by atoms with E-state index in [1.807, 2.05) is 12.3 Å². The molecule has 0 aliphatic carbocycles. The standard InChI is InChI=1S/C11H13ClN2O2S3/c1-8-13-9(6-17-8)5-14(2)19(15,16)11-3-10(4-12)18-7-11/h3,6-7H,4-5H2,1-2H3. The van der Waals surface area contributed by atoms with Crippen LogP contribution in [0, 0.1) is 6.92 Å². The van der Waals surface area contributed by atoms with Crippen molar-refractivity contribution in [3.63, 3.8) is 0 Å². The van der Waals surface area contributed by atoms with Crippen molar-refractivity contribution in [3.8, 4) is 0 Å². The molecule has 0 aliphatic rings. The summed E-state index contributed by atoms with van der Waals surface area (Å²) < 4.78 is 26.0. The molecule has 0 spiro atoms. The van der Waals surface area contributed by atoms with Crippen molar-refractivity contribution >= 4 is 44.3 Å². The zero-order valence-electron chi connectivity index (χ0n) is 10.5. The molecule has 8 heteroatoms. The number of aryl methyl sites for hydroxylation is 1. The van der Waals surface area contributed by atoms with Gasteiger partial charge in [-0.3, -0.25) is 0 Å². The Hall–Kier alpha value is -0.470. The van der Waals surface area contributed by atoms with Crippen molar-refractivity contribution in [1.29, 1.82) is 0 Å². The Morgan fingerprint density at radius 1 is 1.37 bits per heavy atom. The molecule has 0 atom stereocenters. The molecule has 0 unspecified atom stereocenters. The summed E-state index contributed by atoms with van der Waals surface area (Å²) >= 11 is 8.56. The highest BCUT2D eigenvalue weighted by Crippen LogP contribution is 2.24. The summed E-state index contributed by atoms with van der Waals surface area (Å²) in [5.74, 6) is 0.329. The predicted octanol–water partition coefficient (Wildman–Crippen LogP) is 3.07. The number of halogens is 1. The normalized spacial score (nSPS) is 12.2. The minimum atomic E-state index is -3.47. The third-order valence-corrected chi connectivity index (χ3v) is 6.66. The molecule has 4 nitrogen and oxygen atoms in total. The number of hydrogen-bond donors (Lipinski definition) is 0. The monoisotopic (exact) mass is 336 g/mol. The first-order valence-corrected chi connectivity index (χ1v) is 9.17. The van der Waals surface area contributed by atoms with Crippen molar-refractivity contribution in [2.24, 2.45) is 0 Å². The van der Waals surface area contributed by atoms with E-state index >= 15 is 0 Å². The van der Waals surface area contributed by atoms with Gasteiger partial charge in [0.1, 0.15) is 0 Å². The summed E-state index contributed by atoms with van der Waals surface area (Å²) in [5.41, 5.74) is 0.765. The summed E-state index contributed by atoms with van der Waals surface area (Å²) in [7, 11) is -1.91. The number of rotatable bonds is 5. The Balaban J connectivity index is 2.19. The first kappa shape index (κ1) is 14.9. The van der Waals surface area contributed by atoms with E-state index in [2.05, 4.69) is 4.98 Å². The van der Waals surface area contributed by atoms with Crippen molar-refractivity contribution in [1.82, 2.24) is 9.29 Å². The summed E-state index contributed by atoms with van der Waals surface area (Å²) in [5, 5.41) is 4.43. The summed E-state index contributed by atoms with van der Waals surface area (Å²) in [4.78, 5) is 5.41. The Kier molecular flexibility index (Phi) is 4.62. The van der Waals surface area contributed by atoms with Gasteiger partial charge in [0.2, 0.25) is 10.0 Å².